The van der Waals surface area contributed by atoms with Crippen molar-refractivity contribution in [1.29, 1.82) is 0 Å². The Hall–Kier alpha value is -2.86. The largest absolute Gasteiger partial charge is 0.350 e. The highest BCUT2D eigenvalue weighted by atomic mass is 32.1. The monoisotopic (exact) mass is 393 g/mol. The normalized spacial score (nSPS) is 13.0. The van der Waals surface area contributed by atoms with Crippen LogP contribution in [-0.2, 0) is 12.8 Å². The van der Waals surface area contributed by atoms with Gasteiger partial charge in [0.25, 0.3) is 11.8 Å². The number of hydrogen-bond donors (Lipinski definition) is 2. The second kappa shape index (κ2) is 8.44. The number of fused-ring (bicyclic) bond motifs is 1. The second-order valence-corrected chi connectivity index (χ2v) is 7.94. The smallest absolute Gasteiger partial charge is 0.254 e. The van der Waals surface area contributed by atoms with Crippen molar-refractivity contribution in [2.24, 2.45) is 0 Å². The van der Waals surface area contributed by atoms with Crippen LogP contribution in [0.15, 0.2) is 54.9 Å². The van der Waals surface area contributed by atoms with Gasteiger partial charge in [0.15, 0.2) is 0 Å². The van der Waals surface area contributed by atoms with E-state index in [1.807, 2.05) is 47.3 Å². The number of benzene rings is 1. The predicted molar refractivity (Wildman–Crippen MR) is 111 cm³/mol. The molecule has 2 amide bonds. The first-order chi connectivity index (χ1) is 13.7. The van der Waals surface area contributed by atoms with Gasteiger partial charge in [0.05, 0.1) is 5.56 Å². The first-order valence-corrected chi connectivity index (χ1v) is 10.4. The number of nitrogens with zero attached hydrogens (tertiary/aromatic N) is 1. The van der Waals surface area contributed by atoms with E-state index in [0.29, 0.717) is 18.7 Å². The highest BCUT2D eigenvalue weighted by Gasteiger charge is 2.25. The van der Waals surface area contributed by atoms with Gasteiger partial charge in [0.2, 0.25) is 0 Å². The molecule has 2 aromatic heterocycles. The van der Waals surface area contributed by atoms with E-state index in [4.69, 9.17) is 0 Å². The summed E-state index contributed by atoms with van der Waals surface area (Å²) < 4.78 is 2.02. The van der Waals surface area contributed by atoms with E-state index < -0.39 is 0 Å². The van der Waals surface area contributed by atoms with Crippen molar-refractivity contribution in [3.8, 4) is 5.00 Å². The van der Waals surface area contributed by atoms with Gasteiger partial charge in [-0.15, -0.1) is 11.3 Å². The van der Waals surface area contributed by atoms with Crippen LogP contribution in [0.4, 0.5) is 0 Å². The third-order valence-corrected chi connectivity index (χ3v) is 6.26. The molecule has 5 nitrogen and oxygen atoms in total. The lowest BCUT2D eigenvalue weighted by Crippen LogP contribution is -2.35. The van der Waals surface area contributed by atoms with Crippen molar-refractivity contribution < 1.29 is 9.59 Å². The van der Waals surface area contributed by atoms with E-state index in [1.165, 1.54) is 16.9 Å². The second-order valence-electron chi connectivity index (χ2n) is 6.86. The van der Waals surface area contributed by atoms with E-state index >= 15 is 0 Å². The Morgan fingerprint density at radius 1 is 0.893 bits per heavy atom. The van der Waals surface area contributed by atoms with E-state index in [0.717, 1.165) is 29.8 Å². The molecule has 3 aromatic rings. The van der Waals surface area contributed by atoms with Crippen molar-refractivity contribution in [2.75, 3.05) is 13.1 Å². The van der Waals surface area contributed by atoms with Crippen molar-refractivity contribution in [2.45, 2.75) is 25.7 Å². The Morgan fingerprint density at radius 3 is 2.32 bits per heavy atom. The van der Waals surface area contributed by atoms with Crippen LogP contribution in [0.25, 0.3) is 5.00 Å². The van der Waals surface area contributed by atoms with Gasteiger partial charge >= 0.3 is 0 Å². The van der Waals surface area contributed by atoms with Crippen LogP contribution in [0, 0.1) is 0 Å². The van der Waals surface area contributed by atoms with Gasteiger partial charge in [0, 0.05) is 35.9 Å². The third kappa shape index (κ3) is 3.87. The van der Waals surface area contributed by atoms with Crippen LogP contribution in [-0.4, -0.2) is 29.5 Å². The SMILES string of the molecule is O=C(NCCNC(=O)c1c(-n2cccc2)sc2c1CCCC2)c1ccccc1. The van der Waals surface area contributed by atoms with Gasteiger partial charge in [-0.25, -0.2) is 0 Å². The van der Waals surface area contributed by atoms with Gasteiger partial charge in [-0.1, -0.05) is 18.2 Å². The molecule has 0 unspecified atom stereocenters. The molecule has 1 aromatic carbocycles. The zero-order valence-corrected chi connectivity index (χ0v) is 16.4. The third-order valence-electron chi connectivity index (χ3n) is 4.95. The number of rotatable bonds is 6. The first-order valence-electron chi connectivity index (χ1n) is 9.63. The zero-order chi connectivity index (χ0) is 19.3. The van der Waals surface area contributed by atoms with Crippen molar-refractivity contribution >= 4 is 23.2 Å². The Kier molecular flexibility index (Phi) is 5.58. The Morgan fingerprint density at radius 2 is 1.57 bits per heavy atom. The average Bonchev–Trinajstić information content (AvgIpc) is 3.39. The summed E-state index contributed by atoms with van der Waals surface area (Å²) in [7, 11) is 0. The molecule has 0 saturated carbocycles. The minimum absolute atomic E-state index is 0.0583. The van der Waals surface area contributed by atoms with Gasteiger partial charge in [0.1, 0.15) is 5.00 Å². The number of thiophene rings is 1. The molecule has 2 heterocycles. The summed E-state index contributed by atoms with van der Waals surface area (Å²) in [5, 5.41) is 6.82. The van der Waals surface area contributed by atoms with Crippen LogP contribution in [0.3, 0.4) is 0 Å². The first kappa shape index (κ1) is 18.5. The Labute approximate surface area is 168 Å². The molecule has 28 heavy (non-hydrogen) atoms. The quantitative estimate of drug-likeness (QED) is 0.629. The number of hydrogen-bond acceptors (Lipinski definition) is 3. The minimum Gasteiger partial charge on any atom is -0.350 e. The van der Waals surface area contributed by atoms with Crippen LogP contribution in [0.1, 0.15) is 44.0 Å². The van der Waals surface area contributed by atoms with Crippen LogP contribution in [0.5, 0.6) is 0 Å². The number of carbonyl (C=O) groups is 2. The summed E-state index contributed by atoms with van der Waals surface area (Å²) in [5.41, 5.74) is 2.62. The average molecular weight is 394 g/mol. The fraction of sp³-hybridized carbons (Fsp3) is 0.273. The van der Waals surface area contributed by atoms with Crippen LogP contribution < -0.4 is 10.6 Å². The summed E-state index contributed by atoms with van der Waals surface area (Å²) in [5.74, 6) is -0.187. The highest BCUT2D eigenvalue weighted by molar-refractivity contribution is 7.15. The molecule has 0 aliphatic heterocycles. The van der Waals surface area contributed by atoms with Crippen LogP contribution in [0.2, 0.25) is 0 Å². The molecule has 0 atom stereocenters. The highest BCUT2D eigenvalue weighted by Crippen LogP contribution is 2.36. The lowest BCUT2D eigenvalue weighted by molar-refractivity contribution is 0.0927. The lowest BCUT2D eigenvalue weighted by Gasteiger charge is -2.13. The maximum absolute atomic E-state index is 13.0. The molecule has 0 fully saturated rings. The molecule has 0 saturated heterocycles. The summed E-state index contributed by atoms with van der Waals surface area (Å²) in [4.78, 5) is 26.4. The molecule has 1 aliphatic rings. The molecule has 4 rings (SSSR count). The molecule has 0 radical (unpaired) electrons. The molecule has 0 spiro atoms. The summed E-state index contributed by atoms with van der Waals surface area (Å²) in [6.07, 6.45) is 8.28. The maximum atomic E-state index is 13.0. The van der Waals surface area contributed by atoms with E-state index in [1.54, 1.807) is 23.5 Å². The fourth-order valence-electron chi connectivity index (χ4n) is 3.57. The molecule has 144 valence electrons. The number of aromatic nitrogens is 1. The van der Waals surface area contributed by atoms with Gasteiger partial charge < -0.3 is 15.2 Å². The fourth-order valence-corrected chi connectivity index (χ4v) is 4.92. The van der Waals surface area contributed by atoms with E-state index in [9.17, 15) is 9.59 Å². The molecule has 6 heteroatoms. The Bertz CT molecular complexity index is 961. The van der Waals surface area contributed by atoms with E-state index in [-0.39, 0.29) is 11.8 Å². The lowest BCUT2D eigenvalue weighted by atomic mass is 9.95. The summed E-state index contributed by atoms with van der Waals surface area (Å²) in [6, 6.07) is 13.0. The molecule has 0 bridgehead atoms. The van der Waals surface area contributed by atoms with Gasteiger partial charge in [-0.2, -0.15) is 0 Å². The number of carbonyl (C=O) groups excluding carboxylic acids is 2. The molecule has 1 aliphatic carbocycles. The van der Waals surface area contributed by atoms with Gasteiger partial charge in [-0.3, -0.25) is 9.59 Å². The minimum atomic E-state index is -0.129. The number of amides is 2. The standard InChI is InChI=1S/C22H23N3O2S/c26-20(16-8-2-1-3-9-16)23-12-13-24-21(27)19-17-10-4-5-11-18(17)28-22(19)25-14-6-7-15-25/h1-3,6-9,14-15H,4-5,10-13H2,(H,23,26)(H,24,27). The van der Waals surface area contributed by atoms with Crippen molar-refractivity contribution in [3.05, 3.63) is 76.4 Å². The predicted octanol–water partition coefficient (Wildman–Crippen LogP) is 3.58. The van der Waals surface area contributed by atoms with Gasteiger partial charge in [-0.05, 0) is 55.5 Å². The van der Waals surface area contributed by atoms with E-state index in [2.05, 4.69) is 10.6 Å². The number of nitrogens with one attached hydrogen (secondary N) is 2. The maximum Gasteiger partial charge on any atom is 0.254 e. The van der Waals surface area contributed by atoms with Crippen molar-refractivity contribution in [1.82, 2.24) is 15.2 Å². The zero-order valence-electron chi connectivity index (χ0n) is 15.6. The number of aryl methyl sites for hydroxylation is 1. The summed E-state index contributed by atoms with van der Waals surface area (Å²) in [6.45, 7) is 0.789. The molecular weight excluding hydrogens is 370 g/mol. The summed E-state index contributed by atoms with van der Waals surface area (Å²) >= 11 is 1.72. The Balaban J connectivity index is 1.42. The van der Waals surface area contributed by atoms with Crippen LogP contribution >= 0.6 is 11.3 Å². The molecular formula is C22H23N3O2S. The molecule has 2 N–H and O–H groups in total. The van der Waals surface area contributed by atoms with Crippen molar-refractivity contribution in [3.63, 3.8) is 0 Å². The topological polar surface area (TPSA) is 63.1 Å².